The van der Waals surface area contributed by atoms with E-state index in [4.69, 9.17) is 9.47 Å². The number of ether oxygens (including phenoxy) is 2. The van der Waals surface area contributed by atoms with Crippen LogP contribution in [0.1, 0.15) is 5.56 Å². The quantitative estimate of drug-likeness (QED) is 0.807. The lowest BCUT2D eigenvalue weighted by atomic mass is 10.2. The maximum absolute atomic E-state index is 13.7. The fraction of sp³-hybridized carbons (Fsp3) is 0.143. The van der Waals surface area contributed by atoms with E-state index in [2.05, 4.69) is 37.2 Å². The van der Waals surface area contributed by atoms with Crippen LogP contribution in [0, 0.1) is 5.82 Å². The molecule has 0 amide bonds. The average Bonchev–Trinajstić information content (AvgIpc) is 2.87. The molecule has 0 aromatic heterocycles. The Balaban J connectivity index is 1.81. The molecule has 1 heterocycles. The number of benzene rings is 2. The van der Waals surface area contributed by atoms with Gasteiger partial charge in [0.1, 0.15) is 5.82 Å². The standard InChI is InChI=1S/C14H10Br2FNO2/c15-9-2-1-3-11(17)13(9)18-6-8-4-10(16)14-12(5-8)19-7-20-14/h1-5,18H,6-7H2. The lowest BCUT2D eigenvalue weighted by molar-refractivity contribution is 0.173. The van der Waals surface area contributed by atoms with Gasteiger partial charge in [0.25, 0.3) is 0 Å². The smallest absolute Gasteiger partial charge is 0.231 e. The highest BCUT2D eigenvalue weighted by atomic mass is 79.9. The van der Waals surface area contributed by atoms with Gasteiger partial charge in [-0.25, -0.2) is 4.39 Å². The number of nitrogens with one attached hydrogen (secondary N) is 1. The molecule has 104 valence electrons. The minimum Gasteiger partial charge on any atom is -0.454 e. The fourth-order valence-corrected chi connectivity index (χ4v) is 3.07. The average molecular weight is 403 g/mol. The molecule has 0 spiro atoms. The lowest BCUT2D eigenvalue weighted by Crippen LogP contribution is -2.02. The Labute approximate surface area is 132 Å². The molecule has 0 saturated heterocycles. The number of rotatable bonds is 3. The second kappa shape index (κ2) is 5.61. The van der Waals surface area contributed by atoms with Crippen LogP contribution in [-0.4, -0.2) is 6.79 Å². The first-order valence-electron chi connectivity index (χ1n) is 5.91. The number of anilines is 1. The predicted molar refractivity (Wildman–Crippen MR) is 81.7 cm³/mol. The molecule has 2 aromatic rings. The number of fused-ring (bicyclic) bond motifs is 1. The molecule has 0 fully saturated rings. The first-order valence-corrected chi connectivity index (χ1v) is 7.49. The molecular formula is C14H10Br2FNO2. The molecule has 3 nitrogen and oxygen atoms in total. The summed E-state index contributed by atoms with van der Waals surface area (Å²) in [6, 6.07) is 8.68. The van der Waals surface area contributed by atoms with Gasteiger partial charge in [-0.15, -0.1) is 0 Å². The molecule has 3 rings (SSSR count). The third kappa shape index (κ3) is 2.62. The molecule has 0 radical (unpaired) electrons. The molecule has 0 saturated carbocycles. The van der Waals surface area contributed by atoms with E-state index in [9.17, 15) is 4.39 Å². The van der Waals surface area contributed by atoms with E-state index in [1.165, 1.54) is 6.07 Å². The number of para-hydroxylation sites is 1. The molecule has 0 unspecified atom stereocenters. The Morgan fingerprint density at radius 3 is 2.80 bits per heavy atom. The summed E-state index contributed by atoms with van der Waals surface area (Å²) < 4.78 is 25.9. The highest BCUT2D eigenvalue weighted by Crippen LogP contribution is 2.40. The third-order valence-corrected chi connectivity index (χ3v) is 4.17. The van der Waals surface area contributed by atoms with Gasteiger partial charge in [-0.3, -0.25) is 0 Å². The van der Waals surface area contributed by atoms with Crippen LogP contribution in [0.2, 0.25) is 0 Å². The Kier molecular flexibility index (Phi) is 3.85. The van der Waals surface area contributed by atoms with Crippen molar-refractivity contribution < 1.29 is 13.9 Å². The SMILES string of the molecule is Fc1cccc(Br)c1NCc1cc(Br)c2c(c1)OCO2. The van der Waals surface area contributed by atoms with Crippen LogP contribution < -0.4 is 14.8 Å². The zero-order valence-corrected chi connectivity index (χ0v) is 13.4. The molecule has 2 aromatic carbocycles. The molecule has 0 bridgehead atoms. The van der Waals surface area contributed by atoms with Crippen LogP contribution >= 0.6 is 31.9 Å². The summed E-state index contributed by atoms with van der Waals surface area (Å²) in [4.78, 5) is 0. The van der Waals surface area contributed by atoms with E-state index in [1.54, 1.807) is 12.1 Å². The summed E-state index contributed by atoms with van der Waals surface area (Å²) in [7, 11) is 0. The van der Waals surface area contributed by atoms with Crippen LogP contribution in [0.5, 0.6) is 11.5 Å². The van der Waals surface area contributed by atoms with Gasteiger partial charge >= 0.3 is 0 Å². The lowest BCUT2D eigenvalue weighted by Gasteiger charge is -2.10. The zero-order valence-electron chi connectivity index (χ0n) is 10.3. The van der Waals surface area contributed by atoms with Crippen molar-refractivity contribution in [3.8, 4) is 11.5 Å². The van der Waals surface area contributed by atoms with Gasteiger partial charge in [-0.2, -0.15) is 0 Å². The van der Waals surface area contributed by atoms with E-state index < -0.39 is 0 Å². The van der Waals surface area contributed by atoms with Crippen LogP contribution in [0.3, 0.4) is 0 Å². The summed E-state index contributed by atoms with van der Waals surface area (Å²) in [5.41, 5.74) is 1.41. The minimum absolute atomic E-state index is 0.226. The molecule has 20 heavy (non-hydrogen) atoms. The maximum Gasteiger partial charge on any atom is 0.231 e. The maximum atomic E-state index is 13.7. The predicted octanol–water partition coefficient (Wildman–Crippen LogP) is 4.69. The summed E-state index contributed by atoms with van der Waals surface area (Å²) >= 11 is 6.77. The monoisotopic (exact) mass is 401 g/mol. The Morgan fingerprint density at radius 1 is 1.15 bits per heavy atom. The van der Waals surface area contributed by atoms with Crippen molar-refractivity contribution in [2.24, 2.45) is 0 Å². The second-order valence-electron chi connectivity index (χ2n) is 4.26. The number of hydrogen-bond donors (Lipinski definition) is 1. The normalized spacial score (nSPS) is 12.6. The van der Waals surface area contributed by atoms with Crippen molar-refractivity contribution in [2.75, 3.05) is 12.1 Å². The molecular weight excluding hydrogens is 393 g/mol. The molecule has 6 heteroatoms. The van der Waals surface area contributed by atoms with Gasteiger partial charge in [0.05, 0.1) is 10.2 Å². The summed E-state index contributed by atoms with van der Waals surface area (Å²) in [6.45, 7) is 0.707. The number of hydrogen-bond acceptors (Lipinski definition) is 3. The second-order valence-corrected chi connectivity index (χ2v) is 5.97. The van der Waals surface area contributed by atoms with E-state index in [-0.39, 0.29) is 12.6 Å². The first kappa shape index (κ1) is 13.7. The van der Waals surface area contributed by atoms with Crippen LogP contribution in [-0.2, 0) is 6.54 Å². The summed E-state index contributed by atoms with van der Waals surface area (Å²) in [6.07, 6.45) is 0. The molecule has 1 aliphatic rings. The Bertz CT molecular complexity index is 644. The summed E-state index contributed by atoms with van der Waals surface area (Å²) in [5.74, 6) is 1.11. The summed E-state index contributed by atoms with van der Waals surface area (Å²) in [5, 5.41) is 3.08. The van der Waals surface area contributed by atoms with E-state index in [0.29, 0.717) is 28.2 Å². The van der Waals surface area contributed by atoms with Crippen molar-refractivity contribution in [1.29, 1.82) is 0 Å². The van der Waals surface area contributed by atoms with Gasteiger partial charge in [0, 0.05) is 11.0 Å². The highest BCUT2D eigenvalue weighted by molar-refractivity contribution is 9.11. The molecule has 1 aliphatic heterocycles. The Morgan fingerprint density at radius 2 is 2.00 bits per heavy atom. The van der Waals surface area contributed by atoms with Crippen molar-refractivity contribution in [3.63, 3.8) is 0 Å². The van der Waals surface area contributed by atoms with Crippen molar-refractivity contribution in [2.45, 2.75) is 6.54 Å². The van der Waals surface area contributed by atoms with Crippen molar-refractivity contribution in [1.82, 2.24) is 0 Å². The zero-order chi connectivity index (χ0) is 14.1. The van der Waals surface area contributed by atoms with Gasteiger partial charge in [-0.1, -0.05) is 6.07 Å². The minimum atomic E-state index is -0.292. The molecule has 0 aliphatic carbocycles. The van der Waals surface area contributed by atoms with E-state index in [0.717, 1.165) is 10.0 Å². The molecule has 0 atom stereocenters. The third-order valence-electron chi connectivity index (χ3n) is 2.92. The topological polar surface area (TPSA) is 30.5 Å². The fourth-order valence-electron chi connectivity index (χ4n) is 1.98. The van der Waals surface area contributed by atoms with Gasteiger partial charge < -0.3 is 14.8 Å². The van der Waals surface area contributed by atoms with Crippen molar-refractivity contribution >= 4 is 37.5 Å². The van der Waals surface area contributed by atoms with Crippen LogP contribution in [0.15, 0.2) is 39.3 Å². The molecule has 1 N–H and O–H groups in total. The van der Waals surface area contributed by atoms with E-state index in [1.807, 2.05) is 12.1 Å². The van der Waals surface area contributed by atoms with Gasteiger partial charge in [-0.05, 0) is 61.7 Å². The first-order chi connectivity index (χ1) is 9.65. The number of halogens is 3. The Hall–Kier alpha value is -1.27. The van der Waals surface area contributed by atoms with Crippen LogP contribution in [0.25, 0.3) is 0 Å². The highest BCUT2D eigenvalue weighted by Gasteiger charge is 2.18. The van der Waals surface area contributed by atoms with E-state index >= 15 is 0 Å². The van der Waals surface area contributed by atoms with Gasteiger partial charge in [0.2, 0.25) is 6.79 Å². The van der Waals surface area contributed by atoms with Crippen molar-refractivity contribution in [3.05, 3.63) is 50.7 Å². The van der Waals surface area contributed by atoms with Crippen LogP contribution in [0.4, 0.5) is 10.1 Å². The van der Waals surface area contributed by atoms with Gasteiger partial charge in [0.15, 0.2) is 11.5 Å². The largest absolute Gasteiger partial charge is 0.454 e.